The molecule has 1 aliphatic carbocycles. The fourth-order valence-corrected chi connectivity index (χ4v) is 6.12. The van der Waals surface area contributed by atoms with Gasteiger partial charge in [0.1, 0.15) is 21.8 Å². The summed E-state index contributed by atoms with van der Waals surface area (Å²) in [5.41, 5.74) is 7.88. The number of hydrogen-bond acceptors (Lipinski definition) is 7. The van der Waals surface area contributed by atoms with Crippen molar-refractivity contribution in [3.05, 3.63) is 107 Å². The average molecular weight is 632 g/mol. The Morgan fingerprint density at radius 1 is 1.16 bits per heavy atom. The van der Waals surface area contributed by atoms with Gasteiger partial charge in [-0.3, -0.25) is 9.78 Å². The molecule has 2 aromatic carbocycles. The molecule has 236 valence electrons. The number of nitrogens with two attached hydrogens (primary N) is 1. The third-order valence-corrected chi connectivity index (χ3v) is 9.51. The standard InChI is InChI=1S/C33H38FN7O3S/c1-21-17-29(41(38-21)26-9-5-7-23(18-26)30(35)39-43)31(42)37-28-19-24(12-13-27(28)34)33(15-14-22-10-11-22,25-8-6-16-36-20-25)40-45(44)32(2,3)4/h5-9,12-13,16-20,22,40,43H,10-11,14-15H2,1-4H3,(H2,35,39)(H,37,42). The van der Waals surface area contributed by atoms with Crippen LogP contribution in [-0.4, -0.2) is 41.0 Å². The van der Waals surface area contributed by atoms with Gasteiger partial charge in [-0.2, -0.15) is 5.10 Å². The molecular weight excluding hydrogens is 593 g/mol. The lowest BCUT2D eigenvalue weighted by molar-refractivity contribution is 0.101. The minimum Gasteiger partial charge on any atom is -0.598 e. The number of hydrogen-bond donors (Lipinski definition) is 4. The van der Waals surface area contributed by atoms with Gasteiger partial charge in [0.25, 0.3) is 5.91 Å². The fraction of sp³-hybridized carbons (Fsp3) is 0.333. The molecule has 1 aliphatic rings. The maximum atomic E-state index is 15.4. The number of halogens is 1. The van der Waals surface area contributed by atoms with Crippen molar-refractivity contribution < 1.29 is 18.9 Å². The van der Waals surface area contributed by atoms with Crippen LogP contribution in [0, 0.1) is 18.7 Å². The van der Waals surface area contributed by atoms with E-state index in [2.05, 4.69) is 25.3 Å². The zero-order valence-corrected chi connectivity index (χ0v) is 26.6. The van der Waals surface area contributed by atoms with Crippen molar-refractivity contribution in [2.45, 2.75) is 63.7 Å². The first kappa shape index (κ1) is 32.1. The molecule has 1 fully saturated rings. The number of carbonyl (C=O) groups is 1. The van der Waals surface area contributed by atoms with Gasteiger partial charge in [-0.05, 0) is 94.0 Å². The predicted octanol–water partition coefficient (Wildman–Crippen LogP) is 5.55. The van der Waals surface area contributed by atoms with E-state index >= 15 is 4.39 Å². The van der Waals surface area contributed by atoms with Crippen molar-refractivity contribution in [2.24, 2.45) is 16.8 Å². The summed E-state index contributed by atoms with van der Waals surface area (Å²) in [5.74, 6) is -0.725. The van der Waals surface area contributed by atoms with Crippen LogP contribution in [-0.2, 0) is 16.9 Å². The fourth-order valence-electron chi connectivity index (χ4n) is 5.16. The lowest BCUT2D eigenvalue weighted by atomic mass is 9.80. The van der Waals surface area contributed by atoms with E-state index in [9.17, 15) is 9.35 Å². The van der Waals surface area contributed by atoms with Gasteiger partial charge in [-0.25, -0.2) is 9.07 Å². The minimum absolute atomic E-state index is 0.0312. The first-order chi connectivity index (χ1) is 21.4. The Morgan fingerprint density at radius 3 is 2.60 bits per heavy atom. The number of oxime groups is 1. The number of anilines is 1. The van der Waals surface area contributed by atoms with Gasteiger partial charge in [0.2, 0.25) is 0 Å². The van der Waals surface area contributed by atoms with E-state index in [1.54, 1.807) is 61.8 Å². The zero-order chi connectivity index (χ0) is 32.4. The maximum Gasteiger partial charge on any atom is 0.274 e. The molecule has 2 heterocycles. The highest BCUT2D eigenvalue weighted by Gasteiger charge is 2.43. The molecule has 45 heavy (non-hydrogen) atoms. The summed E-state index contributed by atoms with van der Waals surface area (Å²) in [7, 11) is 0. The molecule has 0 radical (unpaired) electrons. The van der Waals surface area contributed by atoms with Gasteiger partial charge >= 0.3 is 0 Å². The molecule has 4 aromatic rings. The molecule has 2 aromatic heterocycles. The van der Waals surface area contributed by atoms with Crippen LogP contribution >= 0.6 is 0 Å². The summed E-state index contributed by atoms with van der Waals surface area (Å²) < 4.78 is 33.4. The Bertz CT molecular complexity index is 1700. The van der Waals surface area contributed by atoms with Crippen molar-refractivity contribution >= 4 is 28.8 Å². The summed E-state index contributed by atoms with van der Waals surface area (Å²) in [6, 6.07) is 16.6. The molecule has 10 nitrogen and oxygen atoms in total. The van der Waals surface area contributed by atoms with Gasteiger partial charge in [0.05, 0.1) is 17.1 Å². The lowest BCUT2D eigenvalue weighted by Crippen LogP contribution is -2.52. The van der Waals surface area contributed by atoms with E-state index in [4.69, 9.17) is 10.9 Å². The molecule has 2 atom stereocenters. The highest BCUT2D eigenvalue weighted by molar-refractivity contribution is 7.90. The Morgan fingerprint density at radius 2 is 1.93 bits per heavy atom. The van der Waals surface area contributed by atoms with E-state index in [-0.39, 0.29) is 17.2 Å². The van der Waals surface area contributed by atoms with E-state index in [0.717, 1.165) is 24.8 Å². The van der Waals surface area contributed by atoms with E-state index < -0.39 is 33.4 Å². The van der Waals surface area contributed by atoms with E-state index in [0.29, 0.717) is 34.8 Å². The summed E-state index contributed by atoms with van der Waals surface area (Å²) in [6.45, 7) is 7.43. The van der Waals surface area contributed by atoms with Crippen molar-refractivity contribution in [3.63, 3.8) is 0 Å². The number of aromatic nitrogens is 3. The zero-order valence-electron chi connectivity index (χ0n) is 25.8. The van der Waals surface area contributed by atoms with Crippen LogP contribution in [0.4, 0.5) is 10.1 Å². The monoisotopic (exact) mass is 631 g/mol. The molecule has 5 rings (SSSR count). The van der Waals surface area contributed by atoms with Crippen LogP contribution in [0.3, 0.4) is 0 Å². The molecular formula is C33H38FN7O3S. The highest BCUT2D eigenvalue weighted by atomic mass is 32.2. The highest BCUT2D eigenvalue weighted by Crippen LogP contribution is 2.43. The number of benzene rings is 2. The van der Waals surface area contributed by atoms with Crippen molar-refractivity contribution in [2.75, 3.05) is 5.32 Å². The predicted molar refractivity (Wildman–Crippen MR) is 173 cm³/mol. The summed E-state index contributed by atoms with van der Waals surface area (Å²) in [4.78, 5) is 18.1. The summed E-state index contributed by atoms with van der Waals surface area (Å²) >= 11 is -1.49. The second kappa shape index (κ2) is 13.0. The van der Waals surface area contributed by atoms with Gasteiger partial charge in [-0.15, -0.1) is 4.72 Å². The molecule has 0 bridgehead atoms. The molecule has 1 amide bonds. The van der Waals surface area contributed by atoms with E-state index in [1.807, 2.05) is 32.9 Å². The SMILES string of the molecule is Cc1cc(C(=O)Nc2cc(C(CCC3CC3)(N[S+]([O-])C(C)(C)C)c3cccnc3)ccc2F)n(-c2cccc(C(N)=NO)c2)n1. The molecule has 5 N–H and O–H groups in total. The second-order valence-corrected chi connectivity index (χ2v) is 14.3. The largest absolute Gasteiger partial charge is 0.598 e. The number of nitrogens with zero attached hydrogens (tertiary/aromatic N) is 4. The molecule has 1 saturated carbocycles. The van der Waals surface area contributed by atoms with Crippen molar-refractivity contribution in [1.82, 2.24) is 19.5 Å². The van der Waals surface area contributed by atoms with Gasteiger partial charge in [0.15, 0.2) is 5.84 Å². The molecule has 0 saturated heterocycles. The topological polar surface area (TPSA) is 154 Å². The third-order valence-electron chi connectivity index (χ3n) is 7.87. The Balaban J connectivity index is 1.55. The van der Waals surface area contributed by atoms with Gasteiger partial charge < -0.3 is 20.8 Å². The molecule has 2 unspecified atom stereocenters. The van der Waals surface area contributed by atoms with E-state index in [1.165, 1.54) is 10.7 Å². The average Bonchev–Trinajstić information content (AvgIpc) is 3.78. The van der Waals surface area contributed by atoms with Crippen LogP contribution < -0.4 is 15.8 Å². The number of rotatable bonds is 11. The maximum absolute atomic E-state index is 15.4. The van der Waals surface area contributed by atoms with Crippen LogP contribution in [0.5, 0.6) is 0 Å². The second-order valence-electron chi connectivity index (χ2n) is 12.4. The van der Waals surface area contributed by atoms with Gasteiger partial charge in [-0.1, -0.05) is 42.3 Å². The smallest absolute Gasteiger partial charge is 0.274 e. The number of amides is 1. The first-order valence-electron chi connectivity index (χ1n) is 14.8. The van der Waals surface area contributed by atoms with Crippen molar-refractivity contribution in [3.8, 4) is 5.69 Å². The lowest BCUT2D eigenvalue weighted by Gasteiger charge is -2.38. The normalized spacial score (nSPS) is 15.8. The van der Waals surface area contributed by atoms with Crippen LogP contribution in [0.2, 0.25) is 0 Å². The van der Waals surface area contributed by atoms with Gasteiger partial charge in [0, 0.05) is 29.3 Å². The molecule has 0 aliphatic heterocycles. The first-order valence-corrected chi connectivity index (χ1v) is 15.9. The minimum atomic E-state index is -1.49. The number of pyridine rings is 1. The Kier molecular flexibility index (Phi) is 9.28. The number of nitrogens with one attached hydrogen (secondary N) is 2. The molecule has 12 heteroatoms. The van der Waals surface area contributed by atoms with Crippen LogP contribution in [0.15, 0.2) is 78.2 Å². The molecule has 0 spiro atoms. The quantitative estimate of drug-likeness (QED) is 0.0557. The Labute approximate surface area is 265 Å². The number of amidine groups is 1. The third kappa shape index (κ3) is 7.19. The summed E-state index contributed by atoms with van der Waals surface area (Å²) in [6.07, 6.45) is 7.19. The van der Waals surface area contributed by atoms with Crippen molar-refractivity contribution in [1.29, 1.82) is 0 Å². The Hall–Kier alpha value is -4.26. The van der Waals surface area contributed by atoms with Crippen LogP contribution in [0.1, 0.15) is 79.3 Å². The number of carbonyl (C=O) groups excluding carboxylic acids is 1. The summed E-state index contributed by atoms with van der Waals surface area (Å²) in [5, 5.41) is 19.4. The number of aryl methyl sites for hydroxylation is 1. The van der Waals surface area contributed by atoms with Crippen LogP contribution in [0.25, 0.3) is 5.69 Å².